The summed E-state index contributed by atoms with van der Waals surface area (Å²) in [7, 11) is 4.14. The number of hydrogen-bond acceptors (Lipinski definition) is 7. The molecule has 2 aromatic heterocycles. The number of amides is 1. The molecular formula is C29H31N5O2S. The Kier molecular flexibility index (Phi) is 8.77. The molecule has 0 saturated carbocycles. The van der Waals surface area contributed by atoms with E-state index in [4.69, 9.17) is 0 Å². The maximum Gasteiger partial charge on any atom is 0.263 e. The summed E-state index contributed by atoms with van der Waals surface area (Å²) in [5.41, 5.74) is 7.31. The van der Waals surface area contributed by atoms with E-state index in [1.807, 2.05) is 32.2 Å². The summed E-state index contributed by atoms with van der Waals surface area (Å²) in [5.74, 6) is -0.165. The van der Waals surface area contributed by atoms with Gasteiger partial charge in [-0.25, -0.2) is 4.98 Å². The Labute approximate surface area is 221 Å². The number of hydrogen-bond donors (Lipinski definition) is 2. The van der Waals surface area contributed by atoms with Gasteiger partial charge in [-0.15, -0.1) is 11.3 Å². The van der Waals surface area contributed by atoms with Gasteiger partial charge in [-0.05, 0) is 67.4 Å². The second kappa shape index (κ2) is 12.4. The van der Waals surface area contributed by atoms with Crippen LogP contribution in [0.2, 0.25) is 0 Å². The number of fused-ring (bicyclic) bond motifs is 1. The van der Waals surface area contributed by atoms with Gasteiger partial charge in [0.25, 0.3) is 5.91 Å². The molecule has 1 amide bonds. The van der Waals surface area contributed by atoms with Crippen molar-refractivity contribution in [3.8, 4) is 10.6 Å². The third kappa shape index (κ3) is 6.87. The Balaban J connectivity index is 0.000000207. The monoisotopic (exact) mass is 513 g/mol. The first-order valence-electron chi connectivity index (χ1n) is 12.1. The number of pyridine rings is 1. The van der Waals surface area contributed by atoms with Crippen molar-refractivity contribution in [1.82, 2.24) is 20.2 Å². The highest BCUT2D eigenvalue weighted by Gasteiger charge is 2.16. The predicted molar refractivity (Wildman–Crippen MR) is 149 cm³/mol. The fraction of sp³-hybridized carbons (Fsp3) is 0.241. The Bertz CT molecular complexity index is 1370. The third-order valence-corrected chi connectivity index (χ3v) is 7.37. The van der Waals surface area contributed by atoms with Crippen molar-refractivity contribution in [3.63, 3.8) is 0 Å². The lowest BCUT2D eigenvalue weighted by Gasteiger charge is -2.25. The van der Waals surface area contributed by atoms with E-state index in [0.717, 1.165) is 29.0 Å². The first-order chi connectivity index (χ1) is 18.0. The first-order valence-corrected chi connectivity index (χ1v) is 13.0. The normalized spacial score (nSPS) is 12.6. The molecule has 8 heteroatoms. The van der Waals surface area contributed by atoms with Gasteiger partial charge in [0.15, 0.2) is 0 Å². The highest BCUT2D eigenvalue weighted by Crippen LogP contribution is 2.27. The Morgan fingerprint density at radius 1 is 1.11 bits per heavy atom. The molecule has 0 unspecified atom stereocenters. The number of carbonyl (C=O) groups excluding carboxylic acids is 2. The van der Waals surface area contributed by atoms with Crippen molar-refractivity contribution < 1.29 is 9.59 Å². The van der Waals surface area contributed by atoms with E-state index in [2.05, 4.69) is 50.7 Å². The minimum absolute atomic E-state index is 0.165. The van der Waals surface area contributed by atoms with Gasteiger partial charge in [0.1, 0.15) is 16.2 Å². The summed E-state index contributed by atoms with van der Waals surface area (Å²) in [6.45, 7) is 4.46. The van der Waals surface area contributed by atoms with Gasteiger partial charge in [0, 0.05) is 55.9 Å². The molecule has 190 valence electrons. The van der Waals surface area contributed by atoms with Crippen molar-refractivity contribution in [2.75, 3.05) is 26.0 Å². The number of carbonyl (C=O) groups is 2. The number of aldehydes is 1. The van der Waals surface area contributed by atoms with Gasteiger partial charge in [0.2, 0.25) is 0 Å². The van der Waals surface area contributed by atoms with Crippen LogP contribution in [0.4, 0.5) is 5.69 Å². The molecule has 2 N–H and O–H groups in total. The van der Waals surface area contributed by atoms with E-state index >= 15 is 0 Å². The Hall–Kier alpha value is -3.88. The van der Waals surface area contributed by atoms with Crippen molar-refractivity contribution in [3.05, 3.63) is 99.8 Å². The van der Waals surface area contributed by atoms with Crippen LogP contribution in [0.3, 0.4) is 0 Å². The van der Waals surface area contributed by atoms with Gasteiger partial charge in [-0.2, -0.15) is 0 Å². The molecule has 0 atom stereocenters. The maximum absolute atomic E-state index is 12.4. The summed E-state index contributed by atoms with van der Waals surface area (Å²) < 4.78 is 0. The van der Waals surface area contributed by atoms with E-state index in [9.17, 15) is 9.59 Å². The Morgan fingerprint density at radius 2 is 1.92 bits per heavy atom. The van der Waals surface area contributed by atoms with E-state index in [-0.39, 0.29) is 5.91 Å². The number of nitrogens with zero attached hydrogens (tertiary/aromatic N) is 3. The van der Waals surface area contributed by atoms with E-state index < -0.39 is 0 Å². The summed E-state index contributed by atoms with van der Waals surface area (Å²) >= 11 is 1.36. The van der Waals surface area contributed by atoms with E-state index in [0.29, 0.717) is 22.7 Å². The van der Waals surface area contributed by atoms with Crippen LogP contribution >= 0.6 is 11.3 Å². The lowest BCUT2D eigenvalue weighted by molar-refractivity contribution is 0.0954. The summed E-state index contributed by atoms with van der Waals surface area (Å²) in [6.07, 6.45) is 5.38. The SMILES string of the molecule is CNc1ccc2c(c1)CN(C)CC2.Cc1nc(-c2ccncc2)sc1C(=O)NCc1cccc(C=O)c1. The number of thiazole rings is 1. The fourth-order valence-electron chi connectivity index (χ4n) is 4.12. The van der Waals surface area contributed by atoms with Gasteiger partial charge < -0.3 is 15.5 Å². The van der Waals surface area contributed by atoms with E-state index in [1.165, 1.54) is 41.1 Å². The lowest BCUT2D eigenvalue weighted by Crippen LogP contribution is -2.26. The molecule has 0 fully saturated rings. The molecule has 1 aliphatic heterocycles. The average molecular weight is 514 g/mol. The summed E-state index contributed by atoms with van der Waals surface area (Å²) in [4.78, 5) is 34.6. The van der Waals surface area contributed by atoms with Crippen LogP contribution in [0.5, 0.6) is 0 Å². The van der Waals surface area contributed by atoms with Crippen LogP contribution in [-0.2, 0) is 19.5 Å². The number of rotatable bonds is 6. The number of likely N-dealkylation sites (N-methyl/N-ethyl adjacent to an activating group) is 1. The average Bonchev–Trinajstić information content (AvgIpc) is 3.33. The number of benzene rings is 2. The Morgan fingerprint density at radius 3 is 2.68 bits per heavy atom. The standard InChI is InChI=1S/C18H15N3O2S.C11H16N2/c1-12-16(24-18(21-12)15-5-7-19-8-6-15)17(23)20-10-13-3-2-4-14(9-13)11-22;1-12-11-4-3-9-5-6-13(2)8-10(9)7-11/h2-9,11H,10H2,1H3,(H,20,23);3-4,7,12H,5-6,8H2,1-2H3. The topological polar surface area (TPSA) is 87.2 Å². The minimum atomic E-state index is -0.165. The van der Waals surface area contributed by atoms with Crippen LogP contribution in [0.1, 0.15) is 42.4 Å². The zero-order chi connectivity index (χ0) is 26.2. The summed E-state index contributed by atoms with van der Waals surface area (Å²) in [6, 6.07) is 17.5. The van der Waals surface area contributed by atoms with Crippen LogP contribution in [0.15, 0.2) is 67.0 Å². The van der Waals surface area contributed by atoms with Crippen molar-refractivity contribution in [1.29, 1.82) is 0 Å². The highest BCUT2D eigenvalue weighted by molar-refractivity contribution is 7.17. The number of aryl methyl sites for hydroxylation is 1. The van der Waals surface area contributed by atoms with Crippen molar-refractivity contribution >= 4 is 29.2 Å². The molecule has 0 aliphatic carbocycles. The molecule has 5 rings (SSSR count). The fourth-order valence-corrected chi connectivity index (χ4v) is 5.11. The number of aromatic nitrogens is 2. The zero-order valence-electron chi connectivity index (χ0n) is 21.3. The van der Waals surface area contributed by atoms with Gasteiger partial charge in [-0.3, -0.25) is 14.6 Å². The quantitative estimate of drug-likeness (QED) is 0.354. The largest absolute Gasteiger partial charge is 0.388 e. The third-order valence-electron chi connectivity index (χ3n) is 6.17. The second-order valence-electron chi connectivity index (χ2n) is 8.94. The zero-order valence-corrected chi connectivity index (χ0v) is 22.1. The molecule has 2 aromatic carbocycles. The highest BCUT2D eigenvalue weighted by atomic mass is 32.1. The maximum atomic E-state index is 12.4. The lowest BCUT2D eigenvalue weighted by atomic mass is 9.99. The summed E-state index contributed by atoms with van der Waals surface area (Å²) in [5, 5.41) is 6.84. The molecule has 0 radical (unpaired) electrons. The van der Waals surface area contributed by atoms with Crippen LogP contribution in [-0.4, -0.2) is 47.7 Å². The molecule has 3 heterocycles. The molecule has 0 spiro atoms. The van der Waals surface area contributed by atoms with Crippen molar-refractivity contribution in [2.45, 2.75) is 26.4 Å². The van der Waals surface area contributed by atoms with Gasteiger partial charge in [0.05, 0.1) is 5.69 Å². The van der Waals surface area contributed by atoms with Crippen LogP contribution < -0.4 is 10.6 Å². The van der Waals surface area contributed by atoms with Gasteiger partial charge >= 0.3 is 0 Å². The van der Waals surface area contributed by atoms with Gasteiger partial charge in [-0.1, -0.05) is 24.3 Å². The molecular weight excluding hydrogens is 482 g/mol. The molecule has 7 nitrogen and oxygen atoms in total. The minimum Gasteiger partial charge on any atom is -0.388 e. The molecule has 1 aliphatic rings. The van der Waals surface area contributed by atoms with Crippen molar-refractivity contribution in [2.24, 2.45) is 0 Å². The molecule has 37 heavy (non-hydrogen) atoms. The first kappa shape index (κ1) is 26.2. The molecule has 4 aromatic rings. The number of nitrogens with one attached hydrogen (secondary N) is 2. The molecule has 0 saturated heterocycles. The smallest absolute Gasteiger partial charge is 0.263 e. The number of anilines is 1. The predicted octanol–water partition coefficient (Wildman–Crippen LogP) is 4.97. The van der Waals surface area contributed by atoms with E-state index in [1.54, 1.807) is 30.6 Å². The van der Waals surface area contributed by atoms with Crippen LogP contribution in [0, 0.1) is 6.92 Å². The molecule has 0 bridgehead atoms. The van der Waals surface area contributed by atoms with Crippen LogP contribution in [0.25, 0.3) is 10.6 Å². The second-order valence-corrected chi connectivity index (χ2v) is 9.94.